The summed E-state index contributed by atoms with van der Waals surface area (Å²) in [7, 11) is 0. The van der Waals surface area contributed by atoms with E-state index in [1.807, 2.05) is 13.2 Å². The molecular formula is C10H21ClN2OS. The van der Waals surface area contributed by atoms with E-state index in [-0.39, 0.29) is 30.4 Å². The van der Waals surface area contributed by atoms with E-state index >= 15 is 0 Å². The summed E-state index contributed by atoms with van der Waals surface area (Å²) in [6, 6.07) is -0.255. The van der Waals surface area contributed by atoms with Crippen LogP contribution in [-0.4, -0.2) is 30.0 Å². The molecule has 0 aliphatic heterocycles. The number of hydrogen-bond donors (Lipinski definition) is 2. The highest BCUT2D eigenvalue weighted by atomic mass is 35.5. The Balaban J connectivity index is 0. The number of rotatable bonds is 7. The number of nitrogens with one attached hydrogen (secondary N) is 1. The zero-order valence-electron chi connectivity index (χ0n) is 9.36. The van der Waals surface area contributed by atoms with Crippen LogP contribution in [0.4, 0.5) is 0 Å². The molecule has 0 rings (SSSR count). The van der Waals surface area contributed by atoms with E-state index in [1.54, 1.807) is 17.8 Å². The molecule has 15 heavy (non-hydrogen) atoms. The average Bonchev–Trinajstić information content (AvgIpc) is 2.14. The summed E-state index contributed by atoms with van der Waals surface area (Å²) in [6.07, 6.45) is 5.30. The van der Waals surface area contributed by atoms with Crippen LogP contribution in [0.25, 0.3) is 0 Å². The molecule has 0 aromatic carbocycles. The van der Waals surface area contributed by atoms with Gasteiger partial charge in [0.05, 0.1) is 6.04 Å². The van der Waals surface area contributed by atoms with Crippen molar-refractivity contribution in [3.63, 3.8) is 0 Å². The summed E-state index contributed by atoms with van der Waals surface area (Å²) in [5.74, 6) is 0.859. The van der Waals surface area contributed by atoms with Gasteiger partial charge in [-0.05, 0) is 31.8 Å². The van der Waals surface area contributed by atoms with Crippen LogP contribution >= 0.6 is 24.2 Å². The number of amides is 1. The van der Waals surface area contributed by atoms with E-state index in [2.05, 4.69) is 11.9 Å². The first kappa shape index (κ1) is 17.2. The van der Waals surface area contributed by atoms with Crippen molar-refractivity contribution in [2.24, 2.45) is 5.73 Å². The van der Waals surface area contributed by atoms with Gasteiger partial charge in [-0.1, -0.05) is 6.08 Å². The molecular weight excluding hydrogens is 232 g/mol. The predicted octanol–water partition coefficient (Wildman–Crippen LogP) is 1.57. The molecule has 0 aromatic heterocycles. The zero-order chi connectivity index (χ0) is 11.0. The maximum absolute atomic E-state index is 11.5. The molecule has 0 bridgehead atoms. The van der Waals surface area contributed by atoms with E-state index in [9.17, 15) is 4.79 Å². The van der Waals surface area contributed by atoms with Crippen LogP contribution in [-0.2, 0) is 4.79 Å². The molecule has 0 heterocycles. The minimum Gasteiger partial charge on any atom is -0.352 e. The first-order chi connectivity index (χ1) is 6.61. The fourth-order valence-corrected chi connectivity index (χ4v) is 1.52. The molecule has 90 valence electrons. The largest absolute Gasteiger partial charge is 0.352 e. The highest BCUT2D eigenvalue weighted by Crippen LogP contribution is 1.99. The number of thioether (sulfide) groups is 1. The molecule has 0 saturated heterocycles. The van der Waals surface area contributed by atoms with Crippen LogP contribution in [0.15, 0.2) is 12.7 Å². The van der Waals surface area contributed by atoms with Gasteiger partial charge in [0, 0.05) is 6.04 Å². The number of carbonyl (C=O) groups is 1. The molecule has 1 amide bonds. The van der Waals surface area contributed by atoms with E-state index < -0.39 is 0 Å². The van der Waals surface area contributed by atoms with Gasteiger partial charge in [0.25, 0.3) is 0 Å². The minimum atomic E-state index is -0.380. The number of halogens is 1. The molecule has 0 aromatic rings. The van der Waals surface area contributed by atoms with E-state index in [0.29, 0.717) is 0 Å². The monoisotopic (exact) mass is 252 g/mol. The lowest BCUT2D eigenvalue weighted by Gasteiger charge is -2.15. The van der Waals surface area contributed by atoms with Crippen molar-refractivity contribution in [3.8, 4) is 0 Å². The Hall–Kier alpha value is -0.190. The number of carbonyl (C=O) groups excluding carboxylic acids is 1. The van der Waals surface area contributed by atoms with Crippen molar-refractivity contribution in [3.05, 3.63) is 12.7 Å². The molecule has 0 aliphatic carbocycles. The van der Waals surface area contributed by atoms with E-state index in [0.717, 1.165) is 18.6 Å². The average molecular weight is 253 g/mol. The van der Waals surface area contributed by atoms with E-state index in [4.69, 9.17) is 5.73 Å². The molecule has 0 fully saturated rings. The van der Waals surface area contributed by atoms with Crippen LogP contribution < -0.4 is 11.1 Å². The van der Waals surface area contributed by atoms with Crippen LogP contribution in [0.3, 0.4) is 0 Å². The Morgan fingerprint density at radius 2 is 2.27 bits per heavy atom. The zero-order valence-corrected chi connectivity index (χ0v) is 11.0. The third-order valence-electron chi connectivity index (χ3n) is 1.88. The predicted molar refractivity (Wildman–Crippen MR) is 70.6 cm³/mol. The van der Waals surface area contributed by atoms with Gasteiger partial charge in [0.15, 0.2) is 0 Å². The highest BCUT2D eigenvalue weighted by Gasteiger charge is 2.14. The Labute approximate surface area is 103 Å². The molecule has 0 spiro atoms. The quantitative estimate of drug-likeness (QED) is 0.677. The van der Waals surface area contributed by atoms with Crippen molar-refractivity contribution in [2.75, 3.05) is 12.0 Å². The maximum Gasteiger partial charge on any atom is 0.237 e. The van der Waals surface area contributed by atoms with Crippen molar-refractivity contribution in [2.45, 2.75) is 31.8 Å². The molecule has 0 aliphatic rings. The SMILES string of the molecule is C=CCC(C)NC(=O)[C@@H](N)CCSC.Cl. The maximum atomic E-state index is 11.5. The minimum absolute atomic E-state index is 0. The summed E-state index contributed by atoms with van der Waals surface area (Å²) in [5, 5.41) is 2.85. The Morgan fingerprint density at radius 1 is 1.67 bits per heavy atom. The lowest BCUT2D eigenvalue weighted by Crippen LogP contribution is -2.44. The number of hydrogen-bond acceptors (Lipinski definition) is 3. The second-order valence-corrected chi connectivity index (χ2v) is 4.31. The normalized spacial score (nSPS) is 13.5. The third kappa shape index (κ3) is 8.78. The summed E-state index contributed by atoms with van der Waals surface area (Å²) in [6.45, 7) is 5.56. The summed E-state index contributed by atoms with van der Waals surface area (Å²) >= 11 is 1.70. The third-order valence-corrected chi connectivity index (χ3v) is 2.52. The molecule has 3 N–H and O–H groups in total. The molecule has 0 saturated carbocycles. The van der Waals surface area contributed by atoms with Crippen LogP contribution in [0.2, 0.25) is 0 Å². The van der Waals surface area contributed by atoms with Gasteiger partial charge in [0.1, 0.15) is 0 Å². The molecule has 5 heteroatoms. The van der Waals surface area contributed by atoms with Gasteiger partial charge in [-0.3, -0.25) is 4.79 Å². The summed E-state index contributed by atoms with van der Waals surface area (Å²) in [4.78, 5) is 11.5. The smallest absolute Gasteiger partial charge is 0.237 e. The van der Waals surface area contributed by atoms with Crippen molar-refractivity contribution in [1.29, 1.82) is 0 Å². The van der Waals surface area contributed by atoms with Gasteiger partial charge >= 0.3 is 0 Å². The molecule has 2 atom stereocenters. The molecule has 3 nitrogen and oxygen atoms in total. The van der Waals surface area contributed by atoms with Gasteiger partial charge in [0.2, 0.25) is 5.91 Å². The lowest BCUT2D eigenvalue weighted by atomic mass is 10.2. The highest BCUT2D eigenvalue weighted by molar-refractivity contribution is 7.98. The van der Waals surface area contributed by atoms with Gasteiger partial charge in [-0.25, -0.2) is 0 Å². The number of nitrogens with two attached hydrogens (primary N) is 1. The van der Waals surface area contributed by atoms with Crippen LogP contribution in [0, 0.1) is 0 Å². The Kier molecular flexibility index (Phi) is 11.9. The second-order valence-electron chi connectivity index (χ2n) is 3.32. The fourth-order valence-electron chi connectivity index (χ4n) is 1.03. The Morgan fingerprint density at radius 3 is 2.73 bits per heavy atom. The first-order valence-electron chi connectivity index (χ1n) is 4.77. The van der Waals surface area contributed by atoms with Gasteiger partial charge < -0.3 is 11.1 Å². The fraction of sp³-hybridized carbons (Fsp3) is 0.700. The second kappa shape index (κ2) is 10.3. The topological polar surface area (TPSA) is 55.1 Å². The lowest BCUT2D eigenvalue weighted by molar-refractivity contribution is -0.122. The van der Waals surface area contributed by atoms with Gasteiger partial charge in [-0.15, -0.1) is 19.0 Å². The van der Waals surface area contributed by atoms with Gasteiger partial charge in [-0.2, -0.15) is 11.8 Å². The van der Waals surface area contributed by atoms with Crippen LogP contribution in [0.1, 0.15) is 19.8 Å². The van der Waals surface area contributed by atoms with Crippen molar-refractivity contribution >= 4 is 30.1 Å². The summed E-state index contributed by atoms with van der Waals surface area (Å²) < 4.78 is 0. The van der Waals surface area contributed by atoms with Crippen molar-refractivity contribution in [1.82, 2.24) is 5.32 Å². The van der Waals surface area contributed by atoms with E-state index in [1.165, 1.54) is 0 Å². The standard InChI is InChI=1S/C10H20N2OS.ClH/c1-4-5-8(2)12-10(13)9(11)6-7-14-3;/h4,8-9H,1,5-7,11H2,2-3H3,(H,12,13);1H/t8?,9-;/m0./s1. The Bertz CT molecular complexity index is 190. The van der Waals surface area contributed by atoms with Crippen molar-refractivity contribution < 1.29 is 4.79 Å². The molecule has 1 unspecified atom stereocenters. The first-order valence-corrected chi connectivity index (χ1v) is 6.17. The summed E-state index contributed by atoms with van der Waals surface area (Å²) in [5.41, 5.74) is 5.70. The van der Waals surface area contributed by atoms with Crippen LogP contribution in [0.5, 0.6) is 0 Å². The molecule has 0 radical (unpaired) electrons.